The number of thiophene rings is 1. The lowest BCUT2D eigenvalue weighted by atomic mass is 10.1. The first-order valence-corrected chi connectivity index (χ1v) is 14.5. The molecule has 1 aliphatic rings. The Morgan fingerprint density at radius 3 is 2.71 bits per heavy atom. The standard InChI is InChI=1S/C26H35F3N3O4PS/c1-5-32(11-10-19-7-8-20(31(19)3)25(35)36-4)14-18(15-33)30-24(34)22-13-17-12-16(6-9-21(17)38-22)23(27)37-26(2,28)29/h6,9,12-13,15,18-20,23,37H,5,7-8,10-11,14H2,1-4H3,(H,30,34). The van der Waals surface area contributed by atoms with Crippen LogP contribution >= 0.6 is 19.9 Å². The van der Waals surface area contributed by atoms with E-state index in [9.17, 15) is 27.6 Å². The molecule has 5 unspecified atom stereocenters. The Kier molecular flexibility index (Phi) is 10.7. The molecule has 12 heteroatoms. The molecule has 38 heavy (non-hydrogen) atoms. The fourth-order valence-electron chi connectivity index (χ4n) is 4.77. The van der Waals surface area contributed by atoms with E-state index in [0.29, 0.717) is 43.1 Å². The number of alkyl halides is 3. The fourth-order valence-corrected chi connectivity index (χ4v) is 6.51. The van der Waals surface area contributed by atoms with E-state index in [2.05, 4.69) is 10.2 Å². The topological polar surface area (TPSA) is 79.0 Å². The molecular formula is C26H35F3N3O4PS. The van der Waals surface area contributed by atoms with Crippen molar-refractivity contribution < 1.29 is 32.3 Å². The molecule has 0 aliphatic carbocycles. The number of rotatable bonds is 13. The van der Waals surface area contributed by atoms with Gasteiger partial charge >= 0.3 is 5.97 Å². The molecule has 0 saturated carbocycles. The summed E-state index contributed by atoms with van der Waals surface area (Å²) in [5.74, 6) is -2.43. The number of nitrogens with zero attached hydrogens (tertiary/aromatic N) is 2. The van der Waals surface area contributed by atoms with E-state index in [0.717, 1.165) is 24.0 Å². The molecule has 3 rings (SSSR count). The first-order chi connectivity index (χ1) is 17.9. The fraction of sp³-hybridized carbons (Fsp3) is 0.577. The van der Waals surface area contributed by atoms with Crippen molar-refractivity contribution in [2.24, 2.45) is 0 Å². The molecule has 1 saturated heterocycles. The van der Waals surface area contributed by atoms with Crippen molar-refractivity contribution in [1.82, 2.24) is 15.1 Å². The van der Waals surface area contributed by atoms with Gasteiger partial charge in [0.25, 0.3) is 11.6 Å². The zero-order valence-corrected chi connectivity index (χ0v) is 23.8. The second-order valence-electron chi connectivity index (χ2n) is 9.64. The van der Waals surface area contributed by atoms with Gasteiger partial charge in [0.15, 0.2) is 0 Å². The number of likely N-dealkylation sites (N-methyl/N-ethyl adjacent to an activating group) is 2. The van der Waals surface area contributed by atoms with Crippen molar-refractivity contribution in [3.05, 3.63) is 34.7 Å². The van der Waals surface area contributed by atoms with Gasteiger partial charge in [0.2, 0.25) is 0 Å². The highest BCUT2D eigenvalue weighted by molar-refractivity contribution is 7.39. The largest absolute Gasteiger partial charge is 0.468 e. The smallest absolute Gasteiger partial charge is 0.323 e. The molecule has 1 amide bonds. The van der Waals surface area contributed by atoms with Gasteiger partial charge in [-0.15, -0.1) is 11.3 Å². The van der Waals surface area contributed by atoms with Crippen LogP contribution < -0.4 is 5.32 Å². The van der Waals surface area contributed by atoms with Crippen LogP contribution in [-0.4, -0.2) is 85.5 Å². The van der Waals surface area contributed by atoms with Crippen molar-refractivity contribution in [3.8, 4) is 0 Å². The third kappa shape index (κ3) is 7.97. The van der Waals surface area contributed by atoms with E-state index < -0.39 is 32.1 Å². The number of methoxy groups -OCH3 is 1. The number of halogens is 3. The van der Waals surface area contributed by atoms with Crippen LogP contribution in [0.5, 0.6) is 0 Å². The number of carbonyl (C=O) groups excluding carboxylic acids is 3. The predicted molar refractivity (Wildman–Crippen MR) is 145 cm³/mol. The molecular weight excluding hydrogens is 538 g/mol. The highest BCUT2D eigenvalue weighted by Gasteiger charge is 2.35. The molecule has 1 aromatic heterocycles. The van der Waals surface area contributed by atoms with Gasteiger partial charge in [-0.05, 0) is 77.1 Å². The number of aldehydes is 1. The Hall–Kier alpha value is -2.07. The summed E-state index contributed by atoms with van der Waals surface area (Å²) in [6.07, 6.45) is 3.16. The summed E-state index contributed by atoms with van der Waals surface area (Å²) < 4.78 is 46.4. The highest BCUT2D eigenvalue weighted by Crippen LogP contribution is 2.48. The molecule has 5 atom stereocenters. The van der Waals surface area contributed by atoms with Gasteiger partial charge in [0, 0.05) is 24.2 Å². The molecule has 7 nitrogen and oxygen atoms in total. The van der Waals surface area contributed by atoms with Gasteiger partial charge in [-0.2, -0.15) is 0 Å². The maximum Gasteiger partial charge on any atom is 0.323 e. The summed E-state index contributed by atoms with van der Waals surface area (Å²) in [7, 11) is 2.13. The lowest BCUT2D eigenvalue weighted by Crippen LogP contribution is -2.46. The molecule has 0 bridgehead atoms. The summed E-state index contributed by atoms with van der Waals surface area (Å²) in [5, 5.41) is 3.35. The lowest BCUT2D eigenvalue weighted by molar-refractivity contribution is -0.145. The molecule has 1 aliphatic heterocycles. The second-order valence-corrected chi connectivity index (χ2v) is 12.4. The van der Waals surface area contributed by atoms with Crippen molar-refractivity contribution in [2.75, 3.05) is 33.8 Å². The molecule has 0 spiro atoms. The maximum atomic E-state index is 14.3. The van der Waals surface area contributed by atoms with Crippen LogP contribution in [0.25, 0.3) is 10.1 Å². The Labute approximate surface area is 226 Å². The maximum absolute atomic E-state index is 14.3. The zero-order chi connectivity index (χ0) is 28.0. The summed E-state index contributed by atoms with van der Waals surface area (Å²) in [5.41, 5.74) is -2.94. The van der Waals surface area contributed by atoms with Crippen LogP contribution in [0, 0.1) is 0 Å². The average Bonchev–Trinajstić information content (AvgIpc) is 3.47. The monoisotopic (exact) mass is 573 g/mol. The quantitative estimate of drug-likeness (QED) is 0.211. The molecule has 0 radical (unpaired) electrons. The number of amides is 1. The van der Waals surface area contributed by atoms with Crippen LogP contribution in [0.2, 0.25) is 0 Å². The summed E-state index contributed by atoms with van der Waals surface area (Å²) in [4.78, 5) is 41.1. The van der Waals surface area contributed by atoms with Crippen LogP contribution in [0.4, 0.5) is 13.2 Å². The van der Waals surface area contributed by atoms with Crippen molar-refractivity contribution >= 4 is 48.2 Å². The number of hydrogen-bond acceptors (Lipinski definition) is 7. The van der Waals surface area contributed by atoms with E-state index >= 15 is 0 Å². The second kappa shape index (κ2) is 13.3. The number of benzene rings is 1. The molecule has 210 valence electrons. The Balaban J connectivity index is 1.58. The number of ether oxygens (including phenoxy) is 1. The Morgan fingerprint density at radius 2 is 2.08 bits per heavy atom. The summed E-state index contributed by atoms with van der Waals surface area (Å²) in [6.45, 7) is 4.40. The Bertz CT molecular complexity index is 1130. The van der Waals surface area contributed by atoms with Gasteiger partial charge in [-0.1, -0.05) is 13.0 Å². The summed E-state index contributed by atoms with van der Waals surface area (Å²) in [6, 6.07) is 5.44. The number of likely N-dealkylation sites (tertiary alicyclic amines) is 1. The van der Waals surface area contributed by atoms with Gasteiger partial charge in [0.05, 0.1) is 18.0 Å². The number of esters is 1. The average molecular weight is 574 g/mol. The highest BCUT2D eigenvalue weighted by atomic mass is 32.1. The molecule has 1 aromatic carbocycles. The van der Waals surface area contributed by atoms with Gasteiger partial charge in [0.1, 0.15) is 18.2 Å². The van der Waals surface area contributed by atoms with E-state index in [1.807, 2.05) is 18.9 Å². The normalized spacial score (nSPS) is 20.3. The van der Waals surface area contributed by atoms with E-state index in [1.54, 1.807) is 12.1 Å². The zero-order valence-electron chi connectivity index (χ0n) is 22.0. The van der Waals surface area contributed by atoms with Crippen LogP contribution in [0.3, 0.4) is 0 Å². The number of nitrogens with one attached hydrogen (secondary N) is 1. The number of hydrogen-bond donors (Lipinski definition) is 1. The minimum absolute atomic E-state index is 0.150. The first kappa shape index (κ1) is 30.5. The number of fused-ring (bicyclic) bond motifs is 1. The van der Waals surface area contributed by atoms with Crippen molar-refractivity contribution in [1.29, 1.82) is 0 Å². The van der Waals surface area contributed by atoms with Gasteiger partial charge in [-0.25, -0.2) is 13.2 Å². The minimum Gasteiger partial charge on any atom is -0.468 e. The Morgan fingerprint density at radius 1 is 1.34 bits per heavy atom. The van der Waals surface area contributed by atoms with Crippen LogP contribution in [0.15, 0.2) is 24.3 Å². The van der Waals surface area contributed by atoms with E-state index in [4.69, 9.17) is 4.74 Å². The first-order valence-electron chi connectivity index (χ1n) is 12.6. The predicted octanol–water partition coefficient (Wildman–Crippen LogP) is 4.81. The minimum atomic E-state index is -3.09. The van der Waals surface area contributed by atoms with Crippen molar-refractivity contribution in [3.63, 3.8) is 0 Å². The molecule has 1 fully saturated rings. The van der Waals surface area contributed by atoms with Gasteiger partial charge < -0.3 is 19.7 Å². The number of carbonyl (C=O) groups is 3. The third-order valence-electron chi connectivity index (χ3n) is 6.91. The SMILES string of the molecule is CCN(CCC1CCC(C(=O)OC)N1C)CC(C=O)NC(=O)c1cc2cc(C(F)PC(C)(F)F)ccc2s1. The molecule has 1 N–H and O–H groups in total. The van der Waals surface area contributed by atoms with Gasteiger partial charge in [-0.3, -0.25) is 14.5 Å². The van der Waals surface area contributed by atoms with E-state index in [-0.39, 0.29) is 23.6 Å². The van der Waals surface area contributed by atoms with Crippen LogP contribution in [-0.2, 0) is 14.3 Å². The lowest BCUT2D eigenvalue weighted by Gasteiger charge is -2.28. The van der Waals surface area contributed by atoms with Crippen LogP contribution in [0.1, 0.15) is 54.3 Å². The summed E-state index contributed by atoms with van der Waals surface area (Å²) >= 11 is 1.19. The van der Waals surface area contributed by atoms with E-state index in [1.165, 1.54) is 30.6 Å². The molecule has 2 aromatic rings. The third-order valence-corrected chi connectivity index (χ3v) is 9.12. The van der Waals surface area contributed by atoms with Crippen molar-refractivity contribution in [2.45, 2.75) is 62.8 Å². The molecule has 2 heterocycles.